The normalized spacial score (nSPS) is 13.6. The van der Waals surface area contributed by atoms with Crippen LogP contribution in [0.1, 0.15) is 23.2 Å². The number of aryl methyl sites for hydroxylation is 2. The maximum absolute atomic E-state index is 5.70. The number of benzene rings is 1. The van der Waals surface area contributed by atoms with E-state index in [2.05, 4.69) is 22.3 Å². The third-order valence-corrected chi connectivity index (χ3v) is 3.12. The Kier molecular flexibility index (Phi) is 2.48. The molecule has 3 N–H and O–H groups in total. The molecule has 0 amide bonds. The van der Waals surface area contributed by atoms with E-state index in [0.29, 0.717) is 12.4 Å². The average molecular weight is 229 g/mol. The number of nitrogens with zero attached hydrogens (tertiary/aromatic N) is 1. The predicted molar refractivity (Wildman–Crippen MR) is 65.8 cm³/mol. The summed E-state index contributed by atoms with van der Waals surface area (Å²) in [6.45, 7) is 0.475. The van der Waals surface area contributed by atoms with Gasteiger partial charge >= 0.3 is 0 Å². The smallest absolute Gasteiger partial charge is 0.145 e. The predicted octanol–water partition coefficient (Wildman–Crippen LogP) is 2.06. The summed E-state index contributed by atoms with van der Waals surface area (Å²) in [5.74, 6) is 1.41. The Morgan fingerprint density at radius 2 is 2.12 bits per heavy atom. The van der Waals surface area contributed by atoms with E-state index in [4.69, 9.17) is 10.5 Å². The number of nitrogens with one attached hydrogen (secondary N) is 1. The highest BCUT2D eigenvalue weighted by atomic mass is 16.5. The van der Waals surface area contributed by atoms with Gasteiger partial charge in [-0.15, -0.1) is 0 Å². The van der Waals surface area contributed by atoms with Crippen LogP contribution in [0.4, 0.5) is 5.82 Å². The van der Waals surface area contributed by atoms with E-state index in [0.717, 1.165) is 11.4 Å². The summed E-state index contributed by atoms with van der Waals surface area (Å²) in [4.78, 5) is 0. The van der Waals surface area contributed by atoms with Crippen molar-refractivity contribution in [2.24, 2.45) is 0 Å². The standard InChI is InChI=1S/C13H15N3O/c14-13-7-11(15-16-13)8-17-12-5-4-9-2-1-3-10(9)6-12/h4-7H,1-3,8H2,(H3,14,15,16). The van der Waals surface area contributed by atoms with Crippen molar-refractivity contribution in [3.05, 3.63) is 41.1 Å². The fraction of sp³-hybridized carbons (Fsp3) is 0.308. The number of aromatic nitrogens is 2. The van der Waals surface area contributed by atoms with Crippen LogP contribution in [0.2, 0.25) is 0 Å². The van der Waals surface area contributed by atoms with Crippen molar-refractivity contribution in [2.45, 2.75) is 25.9 Å². The monoisotopic (exact) mass is 229 g/mol. The molecule has 4 nitrogen and oxygen atoms in total. The molecule has 0 unspecified atom stereocenters. The largest absolute Gasteiger partial charge is 0.487 e. The lowest BCUT2D eigenvalue weighted by Crippen LogP contribution is -1.96. The topological polar surface area (TPSA) is 63.9 Å². The second kappa shape index (κ2) is 4.13. The molecule has 0 radical (unpaired) electrons. The van der Waals surface area contributed by atoms with Crippen LogP contribution in [-0.4, -0.2) is 10.2 Å². The molecule has 0 aliphatic heterocycles. The highest BCUT2D eigenvalue weighted by molar-refractivity contribution is 5.38. The minimum Gasteiger partial charge on any atom is -0.487 e. The molecule has 0 fully saturated rings. The Morgan fingerprint density at radius 1 is 1.24 bits per heavy atom. The van der Waals surface area contributed by atoms with Crippen LogP contribution in [0.15, 0.2) is 24.3 Å². The van der Waals surface area contributed by atoms with Crippen molar-refractivity contribution >= 4 is 5.82 Å². The first kappa shape index (κ1) is 10.2. The number of H-pyrrole nitrogens is 1. The van der Waals surface area contributed by atoms with E-state index < -0.39 is 0 Å². The zero-order chi connectivity index (χ0) is 11.7. The Morgan fingerprint density at radius 3 is 2.94 bits per heavy atom. The summed E-state index contributed by atoms with van der Waals surface area (Å²) in [6.07, 6.45) is 3.63. The number of aromatic amines is 1. The number of hydrogen-bond donors (Lipinski definition) is 2. The summed E-state index contributed by atoms with van der Waals surface area (Å²) in [7, 11) is 0. The average Bonchev–Trinajstić information content (AvgIpc) is 2.94. The molecule has 1 aliphatic carbocycles. The molecular formula is C13H15N3O. The van der Waals surface area contributed by atoms with Gasteiger partial charge in [-0.3, -0.25) is 5.10 Å². The van der Waals surface area contributed by atoms with Crippen LogP contribution in [0, 0.1) is 0 Å². The van der Waals surface area contributed by atoms with Gasteiger partial charge < -0.3 is 10.5 Å². The SMILES string of the molecule is Nc1cc(COc2ccc3c(c2)CCC3)[nH]n1. The maximum atomic E-state index is 5.70. The highest BCUT2D eigenvalue weighted by Crippen LogP contribution is 2.26. The van der Waals surface area contributed by atoms with E-state index in [-0.39, 0.29) is 0 Å². The molecule has 3 rings (SSSR count). The third-order valence-electron chi connectivity index (χ3n) is 3.12. The van der Waals surface area contributed by atoms with Gasteiger partial charge in [-0.05, 0) is 42.5 Å². The van der Waals surface area contributed by atoms with Crippen molar-refractivity contribution in [3.8, 4) is 5.75 Å². The van der Waals surface area contributed by atoms with Crippen molar-refractivity contribution in [3.63, 3.8) is 0 Å². The Bertz CT molecular complexity index is 533. The molecule has 0 saturated heterocycles. The summed E-state index contributed by atoms with van der Waals surface area (Å²) in [6, 6.07) is 8.12. The fourth-order valence-corrected chi connectivity index (χ4v) is 2.25. The summed E-state index contributed by atoms with van der Waals surface area (Å²) in [5.41, 5.74) is 9.30. The van der Waals surface area contributed by atoms with Crippen LogP contribution in [0.25, 0.3) is 0 Å². The molecule has 0 bridgehead atoms. The Balaban J connectivity index is 1.69. The number of hydrogen-bond acceptors (Lipinski definition) is 3. The molecule has 17 heavy (non-hydrogen) atoms. The Hall–Kier alpha value is -1.97. The molecule has 1 aromatic carbocycles. The zero-order valence-electron chi connectivity index (χ0n) is 9.57. The lowest BCUT2D eigenvalue weighted by Gasteiger charge is -2.06. The molecule has 1 aromatic heterocycles. The van der Waals surface area contributed by atoms with Gasteiger partial charge in [0.2, 0.25) is 0 Å². The van der Waals surface area contributed by atoms with Gasteiger partial charge in [-0.2, -0.15) is 5.10 Å². The van der Waals surface area contributed by atoms with Crippen molar-refractivity contribution in [2.75, 3.05) is 5.73 Å². The highest BCUT2D eigenvalue weighted by Gasteiger charge is 2.11. The second-order valence-electron chi connectivity index (χ2n) is 4.39. The second-order valence-corrected chi connectivity index (χ2v) is 4.39. The van der Waals surface area contributed by atoms with E-state index in [1.165, 1.54) is 30.4 Å². The van der Waals surface area contributed by atoms with Gasteiger partial charge in [0.1, 0.15) is 18.2 Å². The van der Waals surface area contributed by atoms with Crippen LogP contribution in [0.3, 0.4) is 0 Å². The first-order chi connectivity index (χ1) is 8.31. The van der Waals surface area contributed by atoms with Gasteiger partial charge in [0, 0.05) is 6.07 Å². The summed E-state index contributed by atoms with van der Waals surface area (Å²) in [5, 5.41) is 6.69. The van der Waals surface area contributed by atoms with Crippen LogP contribution in [0.5, 0.6) is 5.75 Å². The number of nitrogen functional groups attached to an aromatic ring is 1. The molecule has 88 valence electrons. The van der Waals surface area contributed by atoms with Crippen LogP contribution in [-0.2, 0) is 19.4 Å². The number of anilines is 1. The van der Waals surface area contributed by atoms with Crippen LogP contribution >= 0.6 is 0 Å². The quantitative estimate of drug-likeness (QED) is 0.846. The van der Waals surface area contributed by atoms with Crippen molar-refractivity contribution in [1.82, 2.24) is 10.2 Å². The Labute approximate surface area is 99.8 Å². The number of rotatable bonds is 3. The van der Waals surface area contributed by atoms with E-state index >= 15 is 0 Å². The molecule has 0 atom stereocenters. The maximum Gasteiger partial charge on any atom is 0.145 e. The molecule has 4 heteroatoms. The van der Waals surface area contributed by atoms with Crippen molar-refractivity contribution in [1.29, 1.82) is 0 Å². The molecule has 0 saturated carbocycles. The molecular weight excluding hydrogens is 214 g/mol. The summed E-state index contributed by atoms with van der Waals surface area (Å²) >= 11 is 0. The van der Waals surface area contributed by atoms with E-state index in [1.54, 1.807) is 6.07 Å². The molecule has 2 aromatic rings. The van der Waals surface area contributed by atoms with Crippen molar-refractivity contribution < 1.29 is 4.74 Å². The first-order valence-corrected chi connectivity index (χ1v) is 5.85. The molecule has 1 aliphatic rings. The zero-order valence-corrected chi connectivity index (χ0v) is 9.57. The minimum absolute atomic E-state index is 0.475. The summed E-state index contributed by atoms with van der Waals surface area (Å²) < 4.78 is 5.70. The number of fused-ring (bicyclic) bond motifs is 1. The van der Waals surface area contributed by atoms with E-state index in [1.807, 2.05) is 6.07 Å². The minimum atomic E-state index is 0.475. The van der Waals surface area contributed by atoms with Crippen LogP contribution < -0.4 is 10.5 Å². The number of ether oxygens (including phenoxy) is 1. The third kappa shape index (κ3) is 2.11. The lowest BCUT2D eigenvalue weighted by atomic mass is 10.1. The molecule has 1 heterocycles. The fourth-order valence-electron chi connectivity index (χ4n) is 2.25. The lowest BCUT2D eigenvalue weighted by molar-refractivity contribution is 0.301. The van der Waals surface area contributed by atoms with Gasteiger partial charge in [-0.25, -0.2) is 0 Å². The first-order valence-electron chi connectivity index (χ1n) is 5.85. The van der Waals surface area contributed by atoms with Gasteiger partial charge in [0.25, 0.3) is 0 Å². The van der Waals surface area contributed by atoms with E-state index in [9.17, 15) is 0 Å². The van der Waals surface area contributed by atoms with Gasteiger partial charge in [0.05, 0.1) is 5.69 Å². The van der Waals surface area contributed by atoms with Gasteiger partial charge in [-0.1, -0.05) is 6.07 Å². The molecule has 0 spiro atoms. The number of nitrogens with two attached hydrogens (primary N) is 1. The van der Waals surface area contributed by atoms with Gasteiger partial charge in [0.15, 0.2) is 0 Å².